The molecule has 4 rings (SSSR count). The number of rotatable bonds is 2. The fraction of sp³-hybridized carbons (Fsp3) is 1.00. The Hall–Kier alpha value is -0.290. The van der Waals surface area contributed by atoms with Crippen LogP contribution in [0.2, 0.25) is 0 Å². The lowest BCUT2D eigenvalue weighted by atomic mass is 9.48. The largest absolute Gasteiger partial charge is 0.417 e. The number of fused-ring (bicyclic) bond motifs is 5. The summed E-state index contributed by atoms with van der Waals surface area (Å²) in [6.07, 6.45) is 2.69. The molecular weight excluding hydrogens is 353 g/mol. The van der Waals surface area contributed by atoms with Crippen LogP contribution < -0.4 is 0 Å². The lowest BCUT2D eigenvalue weighted by molar-refractivity contribution is -0.282. The van der Waals surface area contributed by atoms with E-state index in [2.05, 4.69) is 13.8 Å². The number of aliphatic hydroxyl groups is 2. The van der Waals surface area contributed by atoms with Gasteiger partial charge < -0.3 is 10.2 Å². The van der Waals surface area contributed by atoms with Crippen LogP contribution in [-0.4, -0.2) is 28.1 Å². The summed E-state index contributed by atoms with van der Waals surface area (Å²) in [5.41, 5.74) is -2.27. The number of alkyl halides is 3. The third-order valence-electron chi connectivity index (χ3n) is 9.49. The molecule has 3 unspecified atom stereocenters. The molecule has 0 aromatic carbocycles. The molecule has 0 aliphatic heterocycles. The van der Waals surface area contributed by atoms with Crippen molar-refractivity contribution in [2.45, 2.75) is 95.9 Å². The molecule has 0 spiro atoms. The van der Waals surface area contributed by atoms with Crippen molar-refractivity contribution in [3.63, 3.8) is 0 Å². The predicted octanol–water partition coefficient (Wildman–Crippen LogP) is 5.32. The monoisotopic (exact) mass is 388 g/mol. The maximum atomic E-state index is 13.3. The van der Waals surface area contributed by atoms with Crippen molar-refractivity contribution in [2.24, 2.45) is 40.9 Å². The molecule has 0 heterocycles. The molecule has 4 saturated carbocycles. The second kappa shape index (κ2) is 6.62. The summed E-state index contributed by atoms with van der Waals surface area (Å²) < 4.78 is 40.0. The van der Waals surface area contributed by atoms with E-state index in [1.165, 1.54) is 6.42 Å². The average Bonchev–Trinajstić information content (AvgIpc) is 2.97. The highest BCUT2D eigenvalue weighted by Gasteiger charge is 2.62. The molecule has 0 amide bonds. The quantitative estimate of drug-likeness (QED) is 0.672. The number of halogens is 3. The van der Waals surface area contributed by atoms with Crippen LogP contribution in [0.15, 0.2) is 0 Å². The molecule has 0 saturated heterocycles. The van der Waals surface area contributed by atoms with Gasteiger partial charge in [-0.2, -0.15) is 13.2 Å². The van der Waals surface area contributed by atoms with E-state index in [1.54, 1.807) is 0 Å². The Morgan fingerprint density at radius 1 is 0.963 bits per heavy atom. The summed E-state index contributed by atoms with van der Waals surface area (Å²) in [5.74, 6) is 2.51. The van der Waals surface area contributed by atoms with Gasteiger partial charge in [-0.05, 0) is 105 Å². The van der Waals surface area contributed by atoms with Gasteiger partial charge in [0.15, 0.2) is 5.60 Å². The van der Waals surface area contributed by atoms with Gasteiger partial charge in [-0.1, -0.05) is 13.8 Å². The van der Waals surface area contributed by atoms with E-state index < -0.39 is 11.8 Å². The minimum atomic E-state index is -4.51. The Balaban J connectivity index is 1.51. The van der Waals surface area contributed by atoms with Crippen molar-refractivity contribution in [1.82, 2.24) is 0 Å². The molecule has 4 aliphatic rings. The zero-order chi connectivity index (χ0) is 19.6. The van der Waals surface area contributed by atoms with Gasteiger partial charge in [-0.15, -0.1) is 0 Å². The van der Waals surface area contributed by atoms with Crippen LogP contribution in [0, 0.1) is 40.9 Å². The topological polar surface area (TPSA) is 40.5 Å². The summed E-state index contributed by atoms with van der Waals surface area (Å²) >= 11 is 0. The van der Waals surface area contributed by atoms with Crippen molar-refractivity contribution in [3.05, 3.63) is 0 Å². The van der Waals surface area contributed by atoms with Crippen molar-refractivity contribution < 1.29 is 23.4 Å². The van der Waals surface area contributed by atoms with E-state index in [1.807, 2.05) is 0 Å². The van der Waals surface area contributed by atoms with Crippen molar-refractivity contribution >= 4 is 0 Å². The first-order valence-corrected chi connectivity index (χ1v) is 11.1. The zero-order valence-electron chi connectivity index (χ0n) is 16.6. The first kappa shape index (κ1) is 20.0. The van der Waals surface area contributed by atoms with Gasteiger partial charge in [0.1, 0.15) is 0 Å². The van der Waals surface area contributed by atoms with E-state index >= 15 is 0 Å². The lowest BCUT2D eigenvalue weighted by Gasteiger charge is -2.57. The lowest BCUT2D eigenvalue weighted by Crippen LogP contribution is -2.55. The standard InChI is InChI=1S/C22H35F3O2/c1-3-19(26)18-7-6-17-16-5-4-13-12-21(27,22(23,24)25)11-9-14(13)15(16)8-10-20(17,18)2/h13-19,26-27H,3-12H2,1-2H3/t13-,14+,15-,16?,17+,18-,19?,20+,21?/m1/s1. The van der Waals surface area contributed by atoms with Crippen LogP contribution in [0.25, 0.3) is 0 Å². The highest BCUT2D eigenvalue weighted by molar-refractivity contribution is 5.08. The second-order valence-electron chi connectivity index (χ2n) is 10.4. The Labute approximate surface area is 160 Å². The molecule has 0 bridgehead atoms. The fourth-order valence-corrected chi connectivity index (χ4v) is 8.09. The van der Waals surface area contributed by atoms with Gasteiger partial charge in [0, 0.05) is 0 Å². The molecule has 4 aliphatic carbocycles. The van der Waals surface area contributed by atoms with Crippen LogP contribution in [0.4, 0.5) is 13.2 Å². The minimum Gasteiger partial charge on any atom is -0.393 e. The molecule has 27 heavy (non-hydrogen) atoms. The summed E-state index contributed by atoms with van der Waals surface area (Å²) in [6.45, 7) is 4.43. The first-order valence-electron chi connectivity index (χ1n) is 11.1. The van der Waals surface area contributed by atoms with Crippen LogP contribution in [0.3, 0.4) is 0 Å². The highest BCUT2D eigenvalue weighted by Crippen LogP contribution is 2.65. The van der Waals surface area contributed by atoms with Gasteiger partial charge in [-0.3, -0.25) is 0 Å². The second-order valence-corrected chi connectivity index (χ2v) is 10.4. The molecule has 0 radical (unpaired) electrons. The zero-order valence-corrected chi connectivity index (χ0v) is 16.6. The Kier molecular flexibility index (Phi) is 4.90. The smallest absolute Gasteiger partial charge is 0.393 e. The summed E-state index contributed by atoms with van der Waals surface area (Å²) in [7, 11) is 0. The van der Waals surface area contributed by atoms with Crippen molar-refractivity contribution in [1.29, 1.82) is 0 Å². The Morgan fingerprint density at radius 2 is 1.67 bits per heavy atom. The Morgan fingerprint density at radius 3 is 2.33 bits per heavy atom. The van der Waals surface area contributed by atoms with Gasteiger partial charge in [-0.25, -0.2) is 0 Å². The molecule has 2 nitrogen and oxygen atoms in total. The minimum absolute atomic E-state index is 0.0226. The summed E-state index contributed by atoms with van der Waals surface area (Å²) in [6, 6.07) is 0. The maximum absolute atomic E-state index is 13.3. The van der Waals surface area contributed by atoms with Crippen LogP contribution >= 0.6 is 0 Å². The van der Waals surface area contributed by atoms with Crippen LogP contribution in [-0.2, 0) is 0 Å². The van der Waals surface area contributed by atoms with E-state index in [4.69, 9.17) is 0 Å². The van der Waals surface area contributed by atoms with Crippen molar-refractivity contribution in [2.75, 3.05) is 0 Å². The van der Waals surface area contributed by atoms with Gasteiger partial charge >= 0.3 is 6.18 Å². The molecule has 2 N–H and O–H groups in total. The maximum Gasteiger partial charge on any atom is 0.417 e. The van der Waals surface area contributed by atoms with E-state index in [9.17, 15) is 23.4 Å². The normalized spacial score (nSPS) is 51.2. The van der Waals surface area contributed by atoms with Gasteiger partial charge in [0.05, 0.1) is 6.10 Å². The third kappa shape index (κ3) is 2.97. The van der Waals surface area contributed by atoms with E-state index in [-0.39, 0.29) is 30.3 Å². The van der Waals surface area contributed by atoms with Crippen LogP contribution in [0.5, 0.6) is 0 Å². The first-order chi connectivity index (χ1) is 12.6. The average molecular weight is 389 g/mol. The molecule has 9 atom stereocenters. The SMILES string of the molecule is CCC(O)[C@H]1CC[C@H]2C3CC[C@@H]4CC(O)(C(F)(F)F)CC[C@@H]4[C@H]3CC[C@]12C. The van der Waals surface area contributed by atoms with E-state index in [0.717, 1.165) is 38.5 Å². The molecular formula is C22H35F3O2. The van der Waals surface area contributed by atoms with Gasteiger partial charge in [0.2, 0.25) is 0 Å². The number of hydrogen-bond donors (Lipinski definition) is 2. The molecule has 4 fully saturated rings. The summed E-state index contributed by atoms with van der Waals surface area (Å²) in [4.78, 5) is 0. The molecule has 156 valence electrons. The molecule has 0 aromatic heterocycles. The van der Waals surface area contributed by atoms with Crippen LogP contribution in [0.1, 0.15) is 78.1 Å². The third-order valence-corrected chi connectivity index (χ3v) is 9.49. The van der Waals surface area contributed by atoms with E-state index in [0.29, 0.717) is 36.0 Å². The molecule has 5 heteroatoms. The Bertz CT molecular complexity index is 564. The molecule has 0 aromatic rings. The number of hydrogen-bond acceptors (Lipinski definition) is 2. The van der Waals surface area contributed by atoms with Crippen molar-refractivity contribution in [3.8, 4) is 0 Å². The predicted molar refractivity (Wildman–Crippen MR) is 97.9 cm³/mol. The highest BCUT2D eigenvalue weighted by atomic mass is 19.4. The number of aliphatic hydroxyl groups excluding tert-OH is 1. The fourth-order valence-electron chi connectivity index (χ4n) is 8.09. The summed E-state index contributed by atoms with van der Waals surface area (Å²) in [5, 5.41) is 20.7. The van der Waals surface area contributed by atoms with Gasteiger partial charge in [0.25, 0.3) is 0 Å².